The zero-order valence-electron chi connectivity index (χ0n) is 11.2. The molecule has 0 aliphatic heterocycles. The molecule has 0 spiro atoms. The van der Waals surface area contributed by atoms with E-state index in [-0.39, 0.29) is 17.9 Å². The van der Waals surface area contributed by atoms with Crippen LogP contribution in [-0.2, 0) is 12.8 Å². The monoisotopic (exact) mass is 279 g/mol. The number of hydrogen-bond donors (Lipinski definition) is 2. The van der Waals surface area contributed by atoms with Gasteiger partial charge in [-0.25, -0.2) is 0 Å². The van der Waals surface area contributed by atoms with Crippen molar-refractivity contribution in [2.24, 2.45) is 5.41 Å². The summed E-state index contributed by atoms with van der Waals surface area (Å²) in [7, 11) is 0. The third-order valence-corrected chi connectivity index (χ3v) is 5.62. The van der Waals surface area contributed by atoms with E-state index in [9.17, 15) is 4.79 Å². The van der Waals surface area contributed by atoms with E-state index in [2.05, 4.69) is 5.32 Å². The van der Waals surface area contributed by atoms with Crippen LogP contribution in [0.25, 0.3) is 0 Å². The second kappa shape index (κ2) is 5.25. The Hall–Kier alpha value is -0.870. The van der Waals surface area contributed by atoms with Crippen molar-refractivity contribution in [2.75, 3.05) is 13.2 Å². The Kier molecular flexibility index (Phi) is 3.63. The van der Waals surface area contributed by atoms with Crippen LogP contribution in [0, 0.1) is 5.41 Å². The minimum Gasteiger partial charge on any atom is -0.396 e. The topological polar surface area (TPSA) is 49.3 Å². The van der Waals surface area contributed by atoms with Gasteiger partial charge >= 0.3 is 0 Å². The number of thiophene rings is 1. The number of carbonyl (C=O) groups is 1. The minimum atomic E-state index is 0.0867. The first-order chi connectivity index (χ1) is 9.24. The summed E-state index contributed by atoms with van der Waals surface area (Å²) in [5.41, 5.74) is 2.39. The fourth-order valence-corrected chi connectivity index (χ4v) is 4.10. The van der Waals surface area contributed by atoms with Gasteiger partial charge in [-0.1, -0.05) is 0 Å². The molecule has 1 heterocycles. The summed E-state index contributed by atoms with van der Waals surface area (Å²) >= 11 is 1.74. The van der Waals surface area contributed by atoms with Crippen molar-refractivity contribution in [3.8, 4) is 0 Å². The van der Waals surface area contributed by atoms with Crippen molar-refractivity contribution in [1.82, 2.24) is 5.32 Å². The molecule has 0 atom stereocenters. The van der Waals surface area contributed by atoms with Crippen LogP contribution < -0.4 is 5.32 Å². The van der Waals surface area contributed by atoms with Crippen molar-refractivity contribution in [1.29, 1.82) is 0 Å². The van der Waals surface area contributed by atoms with E-state index in [0.717, 1.165) is 44.2 Å². The van der Waals surface area contributed by atoms with Gasteiger partial charge in [0.2, 0.25) is 0 Å². The number of nitrogens with one attached hydrogen (secondary N) is 1. The molecule has 19 heavy (non-hydrogen) atoms. The second-order valence-corrected chi connectivity index (χ2v) is 6.88. The Labute approximate surface area is 118 Å². The maximum atomic E-state index is 12.3. The van der Waals surface area contributed by atoms with Crippen molar-refractivity contribution in [3.05, 3.63) is 21.4 Å². The van der Waals surface area contributed by atoms with Crippen molar-refractivity contribution >= 4 is 17.2 Å². The molecule has 0 bridgehead atoms. The van der Waals surface area contributed by atoms with E-state index in [1.165, 1.54) is 23.3 Å². The lowest BCUT2D eigenvalue weighted by Gasteiger charge is -2.16. The Bertz CT molecular complexity index is 476. The lowest BCUT2D eigenvalue weighted by Crippen LogP contribution is -2.31. The normalized spacial score (nSPS) is 19.8. The fraction of sp³-hybridized carbons (Fsp3) is 0.667. The fourth-order valence-electron chi connectivity index (χ4n) is 2.98. The van der Waals surface area contributed by atoms with Crippen LogP contribution in [0.4, 0.5) is 0 Å². The van der Waals surface area contributed by atoms with Gasteiger partial charge in [-0.3, -0.25) is 4.79 Å². The number of hydrogen-bond acceptors (Lipinski definition) is 3. The van der Waals surface area contributed by atoms with Gasteiger partial charge in [-0.15, -0.1) is 11.3 Å². The molecule has 1 saturated carbocycles. The third kappa shape index (κ3) is 2.70. The molecule has 2 aliphatic carbocycles. The van der Waals surface area contributed by atoms with Crippen LogP contribution >= 0.6 is 11.3 Å². The maximum Gasteiger partial charge on any atom is 0.252 e. The molecule has 1 fully saturated rings. The van der Waals surface area contributed by atoms with Crippen molar-refractivity contribution < 1.29 is 9.90 Å². The van der Waals surface area contributed by atoms with Gasteiger partial charge in [0.25, 0.3) is 5.91 Å². The average molecular weight is 279 g/mol. The van der Waals surface area contributed by atoms with Crippen LogP contribution in [0.3, 0.4) is 0 Å². The number of carbonyl (C=O) groups excluding carboxylic acids is 1. The van der Waals surface area contributed by atoms with Crippen molar-refractivity contribution in [3.63, 3.8) is 0 Å². The molecule has 2 N–H and O–H groups in total. The lowest BCUT2D eigenvalue weighted by atomic mass is 9.95. The highest BCUT2D eigenvalue weighted by atomic mass is 32.1. The zero-order valence-corrected chi connectivity index (χ0v) is 12.0. The molecule has 0 radical (unpaired) electrons. The quantitative estimate of drug-likeness (QED) is 0.870. The van der Waals surface area contributed by atoms with Crippen molar-refractivity contribution in [2.45, 2.75) is 44.9 Å². The molecule has 1 amide bonds. The molecule has 3 rings (SSSR count). The van der Waals surface area contributed by atoms with E-state index >= 15 is 0 Å². The molecule has 0 aromatic carbocycles. The minimum absolute atomic E-state index is 0.0867. The number of aliphatic hydroxyl groups is 1. The summed E-state index contributed by atoms with van der Waals surface area (Å²) in [5.74, 6) is 0.0867. The summed E-state index contributed by atoms with van der Waals surface area (Å²) in [6.07, 6.45) is 7.75. The van der Waals surface area contributed by atoms with Gasteiger partial charge in [0.15, 0.2) is 0 Å². The van der Waals surface area contributed by atoms with Gasteiger partial charge in [-0.2, -0.15) is 0 Å². The summed E-state index contributed by atoms with van der Waals surface area (Å²) in [6, 6.07) is 0. The summed E-state index contributed by atoms with van der Waals surface area (Å²) < 4.78 is 0. The molecule has 4 heteroatoms. The molecule has 1 aromatic rings. The predicted molar refractivity (Wildman–Crippen MR) is 76.7 cm³/mol. The van der Waals surface area contributed by atoms with E-state index in [0.29, 0.717) is 0 Å². The first-order valence-corrected chi connectivity index (χ1v) is 8.10. The molecule has 3 nitrogen and oxygen atoms in total. The standard InChI is InChI=1S/C15H21NO2S/c17-8-7-15(5-6-15)10-16-14(18)12-9-19-13-4-2-1-3-11(12)13/h9,17H,1-8,10H2,(H,16,18). The zero-order chi connectivity index (χ0) is 13.3. The predicted octanol–water partition coefficient (Wildman–Crippen LogP) is 2.52. The summed E-state index contributed by atoms with van der Waals surface area (Å²) in [5, 5.41) is 14.1. The van der Waals surface area contributed by atoms with E-state index in [4.69, 9.17) is 5.11 Å². The molecule has 0 unspecified atom stereocenters. The number of fused-ring (bicyclic) bond motifs is 1. The molecular weight excluding hydrogens is 258 g/mol. The van der Waals surface area contributed by atoms with Gasteiger partial charge in [0, 0.05) is 23.4 Å². The maximum absolute atomic E-state index is 12.3. The largest absolute Gasteiger partial charge is 0.396 e. The van der Waals surface area contributed by atoms with Gasteiger partial charge in [0.05, 0.1) is 5.56 Å². The van der Waals surface area contributed by atoms with E-state index < -0.39 is 0 Å². The van der Waals surface area contributed by atoms with E-state index in [1.807, 2.05) is 5.38 Å². The SMILES string of the molecule is O=C(NCC1(CCO)CC1)c1csc2c1CCCC2. The van der Waals surface area contributed by atoms with Crippen LogP contribution in [0.5, 0.6) is 0 Å². The van der Waals surface area contributed by atoms with E-state index in [1.54, 1.807) is 11.3 Å². The van der Waals surface area contributed by atoms with Crippen LogP contribution in [-0.4, -0.2) is 24.2 Å². The summed E-state index contributed by atoms with van der Waals surface area (Å²) in [4.78, 5) is 13.7. The van der Waals surface area contributed by atoms with Gasteiger partial charge in [-0.05, 0) is 55.9 Å². The molecule has 104 valence electrons. The first-order valence-electron chi connectivity index (χ1n) is 7.22. The third-order valence-electron chi connectivity index (χ3n) is 4.53. The second-order valence-electron chi connectivity index (χ2n) is 5.91. The number of aliphatic hydroxyl groups excluding tert-OH is 1. The van der Waals surface area contributed by atoms with Crippen LogP contribution in [0.15, 0.2) is 5.38 Å². The van der Waals surface area contributed by atoms with Crippen LogP contribution in [0.2, 0.25) is 0 Å². The number of rotatable bonds is 5. The van der Waals surface area contributed by atoms with Crippen LogP contribution in [0.1, 0.15) is 52.9 Å². The Balaban J connectivity index is 1.63. The highest BCUT2D eigenvalue weighted by molar-refractivity contribution is 7.10. The van der Waals surface area contributed by atoms with Gasteiger partial charge < -0.3 is 10.4 Å². The highest BCUT2D eigenvalue weighted by Crippen LogP contribution is 2.48. The Morgan fingerprint density at radius 1 is 1.37 bits per heavy atom. The molecular formula is C15H21NO2S. The smallest absolute Gasteiger partial charge is 0.252 e. The Morgan fingerprint density at radius 3 is 2.89 bits per heavy atom. The first kappa shape index (κ1) is 13.1. The summed E-state index contributed by atoms with van der Waals surface area (Å²) in [6.45, 7) is 0.945. The average Bonchev–Trinajstić information content (AvgIpc) is 3.05. The van der Waals surface area contributed by atoms with Gasteiger partial charge in [0.1, 0.15) is 0 Å². The number of amides is 1. The number of aryl methyl sites for hydroxylation is 1. The highest BCUT2D eigenvalue weighted by Gasteiger charge is 2.42. The molecule has 2 aliphatic rings. The molecule has 0 saturated heterocycles. The molecule has 1 aromatic heterocycles. The Morgan fingerprint density at radius 2 is 2.16 bits per heavy atom. The lowest BCUT2D eigenvalue weighted by molar-refractivity contribution is 0.0940.